The lowest BCUT2D eigenvalue weighted by Gasteiger charge is -2.11. The quantitative estimate of drug-likeness (QED) is 0.760. The van der Waals surface area contributed by atoms with Gasteiger partial charge in [0, 0.05) is 18.1 Å². The molecule has 8 nitrogen and oxygen atoms in total. The van der Waals surface area contributed by atoms with Crippen molar-refractivity contribution in [1.29, 1.82) is 0 Å². The predicted octanol–water partition coefficient (Wildman–Crippen LogP) is 2.84. The van der Waals surface area contributed by atoms with Crippen LogP contribution in [0.25, 0.3) is 11.5 Å². The van der Waals surface area contributed by atoms with Crippen LogP contribution in [0.3, 0.4) is 0 Å². The van der Waals surface area contributed by atoms with Crippen molar-refractivity contribution in [2.75, 3.05) is 12.4 Å². The number of nitrogens with zero attached hydrogens (tertiary/aromatic N) is 3. The second kappa shape index (κ2) is 6.76. The minimum Gasteiger partial charge on any atom is -0.495 e. The third-order valence-corrected chi connectivity index (χ3v) is 3.77. The third kappa shape index (κ3) is 3.52. The van der Waals surface area contributed by atoms with Crippen LogP contribution >= 0.6 is 0 Å². The lowest BCUT2D eigenvalue weighted by atomic mass is 10.1. The molecule has 0 aliphatic rings. The largest absolute Gasteiger partial charge is 0.495 e. The number of hydrogen-bond acceptors (Lipinski definition) is 7. The van der Waals surface area contributed by atoms with E-state index >= 15 is 0 Å². The Hall–Kier alpha value is -3.16. The molecule has 2 aromatic heterocycles. The molecular formula is C17H18N4O4. The number of ether oxygens (including phenoxy) is 1. The second-order valence-corrected chi connectivity index (χ2v) is 5.57. The number of carbonyl (C=O) groups is 1. The van der Waals surface area contributed by atoms with E-state index in [1.165, 1.54) is 7.11 Å². The molecule has 0 fully saturated rings. The van der Waals surface area contributed by atoms with E-state index in [1.807, 2.05) is 0 Å². The summed E-state index contributed by atoms with van der Waals surface area (Å²) in [4.78, 5) is 12.4. The van der Waals surface area contributed by atoms with Crippen LogP contribution in [-0.2, 0) is 11.2 Å². The van der Waals surface area contributed by atoms with Gasteiger partial charge in [-0.25, -0.2) is 0 Å². The lowest BCUT2D eigenvalue weighted by Crippen LogP contribution is -2.15. The lowest BCUT2D eigenvalue weighted by molar-refractivity contribution is -0.115. The van der Waals surface area contributed by atoms with Gasteiger partial charge in [-0.3, -0.25) is 4.79 Å². The average Bonchev–Trinajstić information content (AvgIpc) is 3.15. The summed E-state index contributed by atoms with van der Waals surface area (Å²) in [5, 5.41) is 14.5. The van der Waals surface area contributed by atoms with E-state index in [9.17, 15) is 4.79 Å². The molecule has 1 aromatic carbocycles. The molecule has 8 heteroatoms. The number of rotatable bonds is 5. The fraction of sp³-hybridized carbons (Fsp3) is 0.294. The number of anilines is 1. The number of nitrogens with one attached hydrogen (secondary N) is 1. The van der Waals surface area contributed by atoms with Crippen molar-refractivity contribution in [1.82, 2.24) is 15.4 Å². The summed E-state index contributed by atoms with van der Waals surface area (Å²) in [6.07, 6.45) is 0.161. The Balaban J connectivity index is 1.84. The van der Waals surface area contributed by atoms with Crippen molar-refractivity contribution < 1.29 is 18.5 Å². The first-order valence-electron chi connectivity index (χ1n) is 7.68. The summed E-state index contributed by atoms with van der Waals surface area (Å²) >= 11 is 0. The van der Waals surface area contributed by atoms with Crippen molar-refractivity contribution in [3.05, 3.63) is 41.1 Å². The second-order valence-electron chi connectivity index (χ2n) is 5.57. The molecule has 2 heterocycles. The van der Waals surface area contributed by atoms with Gasteiger partial charge in [0.2, 0.25) is 17.7 Å². The van der Waals surface area contributed by atoms with E-state index in [4.69, 9.17) is 13.7 Å². The highest BCUT2D eigenvalue weighted by atomic mass is 16.5. The molecule has 0 saturated heterocycles. The highest BCUT2D eigenvalue weighted by molar-refractivity contribution is 5.94. The summed E-state index contributed by atoms with van der Waals surface area (Å²) in [7, 11) is 1.54. The Morgan fingerprint density at radius 2 is 2.04 bits per heavy atom. The first-order valence-corrected chi connectivity index (χ1v) is 7.68. The standard InChI is InChI=1S/C17H18N4O4/c1-9-13(10(2)25-21-9)8-16(22)18-14-7-12(5-6-15(14)23-4)17-20-19-11(3)24-17/h5-7H,8H2,1-4H3,(H,18,22). The molecule has 3 rings (SSSR count). The minimum atomic E-state index is -0.202. The maximum atomic E-state index is 12.4. The van der Waals surface area contributed by atoms with Gasteiger partial charge < -0.3 is 19.0 Å². The molecule has 130 valence electrons. The first kappa shape index (κ1) is 16.7. The summed E-state index contributed by atoms with van der Waals surface area (Å²) < 4.78 is 15.8. The predicted molar refractivity (Wildman–Crippen MR) is 89.3 cm³/mol. The Bertz CT molecular complexity index is 894. The fourth-order valence-corrected chi connectivity index (χ4v) is 2.46. The maximum absolute atomic E-state index is 12.4. The number of benzene rings is 1. The van der Waals surface area contributed by atoms with E-state index in [2.05, 4.69) is 20.7 Å². The number of methoxy groups -OCH3 is 1. The summed E-state index contributed by atoms with van der Waals surface area (Å²) in [6.45, 7) is 5.30. The molecule has 25 heavy (non-hydrogen) atoms. The van der Waals surface area contributed by atoms with Gasteiger partial charge in [-0.1, -0.05) is 5.16 Å². The third-order valence-electron chi connectivity index (χ3n) is 3.77. The van der Waals surface area contributed by atoms with Crippen molar-refractivity contribution in [3.63, 3.8) is 0 Å². The van der Waals surface area contributed by atoms with Crippen LogP contribution in [0, 0.1) is 20.8 Å². The average molecular weight is 342 g/mol. The molecule has 3 aromatic rings. The van der Waals surface area contributed by atoms with Crippen LogP contribution in [0.15, 0.2) is 27.1 Å². The minimum absolute atomic E-state index is 0.161. The van der Waals surface area contributed by atoms with Crippen LogP contribution in [0.5, 0.6) is 5.75 Å². The van der Waals surface area contributed by atoms with E-state index in [0.717, 1.165) is 5.56 Å². The molecule has 0 saturated carbocycles. The van der Waals surface area contributed by atoms with E-state index in [0.29, 0.717) is 40.2 Å². The molecule has 0 aliphatic carbocycles. The van der Waals surface area contributed by atoms with Gasteiger partial charge in [0.1, 0.15) is 11.5 Å². The molecule has 0 bridgehead atoms. The van der Waals surface area contributed by atoms with Crippen LogP contribution in [0.1, 0.15) is 22.9 Å². The van der Waals surface area contributed by atoms with Crippen molar-refractivity contribution in [2.45, 2.75) is 27.2 Å². The number of aromatic nitrogens is 3. The van der Waals surface area contributed by atoms with Gasteiger partial charge in [-0.05, 0) is 32.0 Å². The molecule has 0 atom stereocenters. The van der Waals surface area contributed by atoms with E-state index < -0.39 is 0 Å². The smallest absolute Gasteiger partial charge is 0.247 e. The zero-order chi connectivity index (χ0) is 18.0. The molecule has 0 radical (unpaired) electrons. The molecule has 0 aliphatic heterocycles. The highest BCUT2D eigenvalue weighted by Crippen LogP contribution is 2.30. The van der Waals surface area contributed by atoms with E-state index in [1.54, 1.807) is 39.0 Å². The number of hydrogen-bond donors (Lipinski definition) is 1. The Kier molecular flexibility index (Phi) is 4.51. The van der Waals surface area contributed by atoms with Gasteiger partial charge in [0.25, 0.3) is 0 Å². The van der Waals surface area contributed by atoms with Gasteiger partial charge in [-0.2, -0.15) is 0 Å². The normalized spacial score (nSPS) is 10.7. The maximum Gasteiger partial charge on any atom is 0.247 e. The molecule has 0 spiro atoms. The monoisotopic (exact) mass is 342 g/mol. The zero-order valence-corrected chi connectivity index (χ0v) is 14.4. The molecular weight excluding hydrogens is 324 g/mol. The summed E-state index contributed by atoms with van der Waals surface area (Å²) in [5.41, 5.74) is 2.69. The number of amides is 1. The molecule has 1 amide bonds. The van der Waals surface area contributed by atoms with Crippen LogP contribution in [0.2, 0.25) is 0 Å². The van der Waals surface area contributed by atoms with Crippen LogP contribution < -0.4 is 10.1 Å². The SMILES string of the molecule is COc1ccc(-c2nnc(C)o2)cc1NC(=O)Cc1c(C)noc1C. The Labute approximate surface area is 144 Å². The number of aryl methyl sites for hydroxylation is 3. The Morgan fingerprint density at radius 1 is 1.24 bits per heavy atom. The van der Waals surface area contributed by atoms with E-state index in [-0.39, 0.29) is 12.3 Å². The summed E-state index contributed by atoms with van der Waals surface area (Å²) in [5.74, 6) is 1.81. The van der Waals surface area contributed by atoms with Crippen molar-refractivity contribution in [2.24, 2.45) is 0 Å². The van der Waals surface area contributed by atoms with Crippen LogP contribution in [0.4, 0.5) is 5.69 Å². The zero-order valence-electron chi connectivity index (χ0n) is 14.4. The topological polar surface area (TPSA) is 103 Å². The molecule has 1 N–H and O–H groups in total. The van der Waals surface area contributed by atoms with Crippen molar-refractivity contribution >= 4 is 11.6 Å². The summed E-state index contributed by atoms with van der Waals surface area (Å²) in [6, 6.07) is 5.26. The fourth-order valence-electron chi connectivity index (χ4n) is 2.46. The first-order chi connectivity index (χ1) is 12.0. The highest BCUT2D eigenvalue weighted by Gasteiger charge is 2.16. The Morgan fingerprint density at radius 3 is 2.64 bits per heavy atom. The van der Waals surface area contributed by atoms with Gasteiger partial charge in [-0.15, -0.1) is 10.2 Å². The number of carbonyl (C=O) groups excluding carboxylic acids is 1. The molecule has 0 unspecified atom stereocenters. The van der Waals surface area contributed by atoms with Gasteiger partial charge in [0.15, 0.2) is 0 Å². The van der Waals surface area contributed by atoms with Crippen LogP contribution in [-0.4, -0.2) is 28.4 Å². The van der Waals surface area contributed by atoms with Gasteiger partial charge >= 0.3 is 0 Å². The van der Waals surface area contributed by atoms with Crippen molar-refractivity contribution in [3.8, 4) is 17.2 Å². The van der Waals surface area contributed by atoms with Gasteiger partial charge in [0.05, 0.1) is 24.9 Å².